The van der Waals surface area contributed by atoms with E-state index in [9.17, 15) is 9.59 Å². The minimum atomic E-state index is -0.195. The van der Waals surface area contributed by atoms with Gasteiger partial charge in [-0.15, -0.1) is 0 Å². The molecule has 6 nitrogen and oxygen atoms in total. The number of rotatable bonds is 3. The summed E-state index contributed by atoms with van der Waals surface area (Å²) in [6, 6.07) is 8.41. The van der Waals surface area contributed by atoms with Crippen molar-refractivity contribution in [3.05, 3.63) is 58.4 Å². The molecule has 6 heteroatoms. The van der Waals surface area contributed by atoms with E-state index in [2.05, 4.69) is 47.2 Å². The molecule has 152 valence electrons. The van der Waals surface area contributed by atoms with Crippen molar-refractivity contribution < 1.29 is 9.59 Å². The predicted molar refractivity (Wildman–Crippen MR) is 113 cm³/mol. The van der Waals surface area contributed by atoms with Crippen molar-refractivity contribution in [2.75, 3.05) is 37.6 Å². The average molecular weight is 393 g/mol. The number of pyridine rings is 1. The van der Waals surface area contributed by atoms with Crippen molar-refractivity contribution in [3.8, 4) is 0 Å². The van der Waals surface area contributed by atoms with Crippen LogP contribution in [0.15, 0.2) is 30.5 Å². The molecule has 1 atom stereocenters. The maximum absolute atomic E-state index is 13.1. The van der Waals surface area contributed by atoms with Gasteiger partial charge in [-0.1, -0.05) is 17.7 Å². The third-order valence-electron chi connectivity index (χ3n) is 6.03. The lowest BCUT2D eigenvalue weighted by Gasteiger charge is -2.37. The molecule has 1 aromatic carbocycles. The maximum Gasteiger partial charge on any atom is 0.255 e. The van der Waals surface area contributed by atoms with Crippen LogP contribution in [0.4, 0.5) is 5.69 Å². The number of carbonyl (C=O) groups excluding carboxylic acids is 2. The fraction of sp³-hybridized carbons (Fsp3) is 0.435. The maximum atomic E-state index is 13.1. The fourth-order valence-electron chi connectivity index (χ4n) is 4.35. The summed E-state index contributed by atoms with van der Waals surface area (Å²) in [5, 5.41) is 2.84. The first-order valence-corrected chi connectivity index (χ1v) is 10.3. The van der Waals surface area contributed by atoms with Gasteiger partial charge in [0.25, 0.3) is 5.91 Å². The largest absolute Gasteiger partial charge is 0.368 e. The van der Waals surface area contributed by atoms with E-state index in [0.717, 1.165) is 30.8 Å². The molecule has 0 saturated carbocycles. The predicted octanol–water partition coefficient (Wildman–Crippen LogP) is 2.57. The third kappa shape index (κ3) is 3.84. The summed E-state index contributed by atoms with van der Waals surface area (Å²) in [5.74, 6) is -0.143. The van der Waals surface area contributed by atoms with E-state index in [1.807, 2.05) is 17.9 Å². The van der Waals surface area contributed by atoms with Crippen molar-refractivity contribution in [2.45, 2.75) is 33.1 Å². The first-order valence-electron chi connectivity index (χ1n) is 10.3. The zero-order chi connectivity index (χ0) is 20.5. The molecule has 0 spiro atoms. The second kappa shape index (κ2) is 7.85. The number of hydrogen-bond donors (Lipinski definition) is 1. The number of benzene rings is 1. The molecule has 0 aliphatic carbocycles. The molecule has 1 N–H and O–H groups in total. The van der Waals surface area contributed by atoms with E-state index in [4.69, 9.17) is 0 Å². The topological polar surface area (TPSA) is 65.5 Å². The number of piperazine rings is 1. The summed E-state index contributed by atoms with van der Waals surface area (Å²) in [6.45, 7) is 9.89. The van der Waals surface area contributed by atoms with Gasteiger partial charge in [0, 0.05) is 44.6 Å². The van der Waals surface area contributed by atoms with Gasteiger partial charge in [0.15, 0.2) is 0 Å². The fourth-order valence-corrected chi connectivity index (χ4v) is 4.35. The van der Waals surface area contributed by atoms with Crippen LogP contribution >= 0.6 is 0 Å². The Morgan fingerprint density at radius 2 is 1.83 bits per heavy atom. The van der Waals surface area contributed by atoms with E-state index in [-0.39, 0.29) is 17.7 Å². The Hall–Kier alpha value is -2.89. The average Bonchev–Trinajstić information content (AvgIpc) is 3.13. The summed E-state index contributed by atoms with van der Waals surface area (Å²) in [5.41, 5.74) is 6.06. The van der Waals surface area contributed by atoms with Crippen LogP contribution in [0.2, 0.25) is 0 Å². The Morgan fingerprint density at radius 3 is 2.45 bits per heavy atom. The highest BCUT2D eigenvalue weighted by Gasteiger charge is 2.29. The van der Waals surface area contributed by atoms with Gasteiger partial charge in [-0.25, -0.2) is 0 Å². The number of anilines is 1. The highest BCUT2D eigenvalue weighted by Crippen LogP contribution is 2.25. The lowest BCUT2D eigenvalue weighted by molar-refractivity contribution is -0.120. The van der Waals surface area contributed by atoms with E-state index in [1.54, 1.807) is 6.20 Å². The Morgan fingerprint density at radius 1 is 1.07 bits per heavy atom. The van der Waals surface area contributed by atoms with Gasteiger partial charge in [0.2, 0.25) is 5.91 Å². The smallest absolute Gasteiger partial charge is 0.255 e. The molecule has 2 aromatic rings. The van der Waals surface area contributed by atoms with Crippen LogP contribution < -0.4 is 10.2 Å². The van der Waals surface area contributed by atoms with Crippen LogP contribution in [-0.2, 0) is 4.79 Å². The Balaban J connectivity index is 1.43. The summed E-state index contributed by atoms with van der Waals surface area (Å²) >= 11 is 0. The molecule has 2 saturated heterocycles. The molecule has 2 amide bonds. The zero-order valence-corrected chi connectivity index (χ0v) is 17.4. The van der Waals surface area contributed by atoms with Crippen LogP contribution in [0, 0.1) is 20.8 Å². The first-order chi connectivity index (χ1) is 13.9. The van der Waals surface area contributed by atoms with Crippen LogP contribution in [0.5, 0.6) is 0 Å². The molecule has 1 aromatic heterocycles. The molecule has 2 fully saturated rings. The number of hydrogen-bond acceptors (Lipinski definition) is 4. The number of carbonyl (C=O) groups is 2. The number of nitrogens with zero attached hydrogens (tertiary/aromatic N) is 3. The molecule has 2 aliphatic rings. The minimum Gasteiger partial charge on any atom is -0.368 e. The molecule has 0 bridgehead atoms. The van der Waals surface area contributed by atoms with Gasteiger partial charge in [-0.05, 0) is 50.5 Å². The van der Waals surface area contributed by atoms with Gasteiger partial charge in [-0.2, -0.15) is 0 Å². The minimum absolute atomic E-state index is 0.0256. The van der Waals surface area contributed by atoms with Gasteiger partial charge < -0.3 is 15.1 Å². The number of nitrogens with one attached hydrogen (secondary N) is 1. The van der Waals surface area contributed by atoms with E-state index >= 15 is 0 Å². The molecule has 2 aliphatic heterocycles. The Kier molecular flexibility index (Phi) is 5.26. The molecule has 3 heterocycles. The van der Waals surface area contributed by atoms with Gasteiger partial charge in [0.05, 0.1) is 17.2 Å². The van der Waals surface area contributed by atoms with Crippen LogP contribution in [-0.4, -0.2) is 54.4 Å². The highest BCUT2D eigenvalue weighted by atomic mass is 16.2. The van der Waals surface area contributed by atoms with E-state index < -0.39 is 0 Å². The van der Waals surface area contributed by atoms with Crippen LogP contribution in [0.1, 0.15) is 45.1 Å². The molecule has 29 heavy (non-hydrogen) atoms. The number of amides is 2. The van der Waals surface area contributed by atoms with E-state index in [1.165, 1.54) is 16.8 Å². The van der Waals surface area contributed by atoms with Crippen LogP contribution in [0.25, 0.3) is 0 Å². The van der Waals surface area contributed by atoms with E-state index in [0.29, 0.717) is 25.2 Å². The van der Waals surface area contributed by atoms with Crippen molar-refractivity contribution >= 4 is 17.5 Å². The molecular weight excluding hydrogens is 364 g/mol. The van der Waals surface area contributed by atoms with Crippen molar-refractivity contribution in [1.82, 2.24) is 15.2 Å². The number of aryl methyl sites for hydroxylation is 3. The summed E-state index contributed by atoms with van der Waals surface area (Å²) in [4.78, 5) is 33.7. The SMILES string of the molecule is Cc1ccc(N2CCN(C(=O)c3cnc(C4CCNC4=O)cc3C)CC2)c(C)c1. The Bertz CT molecular complexity index is 948. The quantitative estimate of drug-likeness (QED) is 0.872. The second-order valence-corrected chi connectivity index (χ2v) is 8.13. The molecule has 0 radical (unpaired) electrons. The summed E-state index contributed by atoms with van der Waals surface area (Å²) < 4.78 is 0. The normalized spacial score (nSPS) is 19.4. The summed E-state index contributed by atoms with van der Waals surface area (Å²) in [6.07, 6.45) is 2.41. The highest BCUT2D eigenvalue weighted by molar-refractivity contribution is 5.95. The lowest BCUT2D eigenvalue weighted by atomic mass is 10.00. The molecule has 4 rings (SSSR count). The van der Waals surface area contributed by atoms with Crippen LogP contribution in [0.3, 0.4) is 0 Å². The number of aromatic nitrogens is 1. The third-order valence-corrected chi connectivity index (χ3v) is 6.03. The van der Waals surface area contributed by atoms with Gasteiger partial charge in [-0.3, -0.25) is 14.6 Å². The lowest BCUT2D eigenvalue weighted by Crippen LogP contribution is -2.49. The zero-order valence-electron chi connectivity index (χ0n) is 17.4. The molecular formula is C23H28N4O2. The summed E-state index contributed by atoms with van der Waals surface area (Å²) in [7, 11) is 0. The first kappa shape index (κ1) is 19.4. The van der Waals surface area contributed by atoms with Crippen molar-refractivity contribution in [3.63, 3.8) is 0 Å². The Labute approximate surface area is 171 Å². The monoisotopic (exact) mass is 392 g/mol. The van der Waals surface area contributed by atoms with Gasteiger partial charge >= 0.3 is 0 Å². The van der Waals surface area contributed by atoms with Crippen molar-refractivity contribution in [1.29, 1.82) is 0 Å². The van der Waals surface area contributed by atoms with Crippen molar-refractivity contribution in [2.24, 2.45) is 0 Å². The molecule has 1 unspecified atom stereocenters. The standard InChI is InChI=1S/C23H28N4O2/c1-15-4-5-21(17(3)12-15)26-8-10-27(11-9-26)23(29)19-14-25-20(13-16(19)2)18-6-7-24-22(18)28/h4-5,12-14,18H,6-11H2,1-3H3,(H,24,28). The van der Waals surface area contributed by atoms with Gasteiger partial charge in [0.1, 0.15) is 0 Å². The second-order valence-electron chi connectivity index (χ2n) is 8.13.